The van der Waals surface area contributed by atoms with Crippen molar-refractivity contribution >= 4 is 11.3 Å². The molecule has 1 aliphatic rings. The van der Waals surface area contributed by atoms with Gasteiger partial charge in [-0.25, -0.2) is 4.98 Å². The minimum absolute atomic E-state index is 0.910. The van der Waals surface area contributed by atoms with E-state index in [1.54, 1.807) is 11.3 Å². The van der Waals surface area contributed by atoms with Gasteiger partial charge in [-0.1, -0.05) is 6.92 Å². The summed E-state index contributed by atoms with van der Waals surface area (Å²) in [5.74, 6) is 0.963. The first-order chi connectivity index (χ1) is 7.78. The van der Waals surface area contributed by atoms with Crippen molar-refractivity contribution in [3.63, 3.8) is 0 Å². The Kier molecular flexibility index (Phi) is 4.32. The molecule has 0 bridgehead atoms. The fraction of sp³-hybridized carbons (Fsp3) is 0.750. The van der Waals surface area contributed by atoms with Crippen molar-refractivity contribution in [2.24, 2.45) is 5.92 Å². The van der Waals surface area contributed by atoms with E-state index in [-0.39, 0.29) is 0 Å². The molecule has 1 saturated carbocycles. The topological polar surface area (TPSA) is 28.2 Å². The summed E-state index contributed by atoms with van der Waals surface area (Å²) in [6.07, 6.45) is 2.85. The lowest BCUT2D eigenvalue weighted by Gasteiger charge is -2.14. The molecule has 1 aliphatic carbocycles. The number of hydrogen-bond donors (Lipinski definition) is 1. The third-order valence-electron chi connectivity index (χ3n) is 2.82. The van der Waals surface area contributed by atoms with Crippen LogP contribution in [0.25, 0.3) is 0 Å². The molecule has 0 aromatic carbocycles. The van der Waals surface area contributed by atoms with E-state index in [9.17, 15) is 0 Å². The molecule has 0 radical (unpaired) electrons. The monoisotopic (exact) mass is 239 g/mol. The van der Waals surface area contributed by atoms with Crippen LogP contribution in [0, 0.1) is 5.92 Å². The van der Waals surface area contributed by atoms with Crippen molar-refractivity contribution in [2.75, 3.05) is 20.1 Å². The predicted molar refractivity (Wildman–Crippen MR) is 68.6 cm³/mol. The van der Waals surface area contributed by atoms with Gasteiger partial charge in [0.2, 0.25) is 0 Å². The SMILES string of the molecule is CCNCc1nc(CN(C)CC2CC2)cs1. The summed E-state index contributed by atoms with van der Waals surface area (Å²) < 4.78 is 0. The first-order valence-electron chi connectivity index (χ1n) is 6.10. The Morgan fingerprint density at radius 3 is 3.06 bits per heavy atom. The van der Waals surface area contributed by atoms with E-state index in [0.717, 1.165) is 25.6 Å². The summed E-state index contributed by atoms with van der Waals surface area (Å²) in [7, 11) is 2.20. The average Bonchev–Trinajstić information content (AvgIpc) is 2.94. The number of rotatable bonds is 7. The van der Waals surface area contributed by atoms with E-state index in [4.69, 9.17) is 0 Å². The van der Waals surface area contributed by atoms with E-state index in [1.165, 1.54) is 30.1 Å². The van der Waals surface area contributed by atoms with Crippen LogP contribution in [-0.2, 0) is 13.1 Å². The van der Waals surface area contributed by atoms with E-state index in [0.29, 0.717) is 0 Å². The first-order valence-corrected chi connectivity index (χ1v) is 6.98. The molecule has 1 fully saturated rings. The van der Waals surface area contributed by atoms with Gasteiger partial charge in [0.05, 0.1) is 5.69 Å². The summed E-state index contributed by atoms with van der Waals surface area (Å²) in [6, 6.07) is 0. The van der Waals surface area contributed by atoms with Gasteiger partial charge in [0.25, 0.3) is 0 Å². The second kappa shape index (κ2) is 5.75. The average molecular weight is 239 g/mol. The lowest BCUT2D eigenvalue weighted by Crippen LogP contribution is -2.20. The van der Waals surface area contributed by atoms with Gasteiger partial charge in [-0.15, -0.1) is 11.3 Å². The molecule has 0 spiro atoms. The van der Waals surface area contributed by atoms with Gasteiger partial charge in [0.15, 0.2) is 0 Å². The molecule has 4 heteroatoms. The third kappa shape index (κ3) is 3.85. The maximum absolute atomic E-state index is 4.63. The summed E-state index contributed by atoms with van der Waals surface area (Å²) in [5, 5.41) is 6.70. The molecule has 1 heterocycles. The smallest absolute Gasteiger partial charge is 0.107 e. The zero-order chi connectivity index (χ0) is 11.4. The van der Waals surface area contributed by atoms with Crippen LogP contribution < -0.4 is 5.32 Å². The van der Waals surface area contributed by atoms with Gasteiger partial charge in [-0.05, 0) is 32.4 Å². The van der Waals surface area contributed by atoms with E-state index < -0.39 is 0 Å². The standard InChI is InChI=1S/C12H21N3S/c1-3-13-6-12-14-11(9-16-12)8-15(2)7-10-4-5-10/h9-10,13H,3-8H2,1-2H3. The molecule has 16 heavy (non-hydrogen) atoms. The van der Waals surface area contributed by atoms with Gasteiger partial charge in [0.1, 0.15) is 5.01 Å². The molecule has 0 amide bonds. The van der Waals surface area contributed by atoms with Crippen molar-refractivity contribution in [1.29, 1.82) is 0 Å². The van der Waals surface area contributed by atoms with Crippen molar-refractivity contribution in [2.45, 2.75) is 32.9 Å². The molecule has 1 N–H and O–H groups in total. The van der Waals surface area contributed by atoms with E-state index in [1.807, 2.05) is 0 Å². The molecular formula is C12H21N3S. The Morgan fingerprint density at radius 1 is 1.56 bits per heavy atom. The van der Waals surface area contributed by atoms with E-state index in [2.05, 4.69) is 34.6 Å². The summed E-state index contributed by atoms with van der Waals surface area (Å²) in [6.45, 7) is 6.28. The lowest BCUT2D eigenvalue weighted by atomic mass is 10.3. The number of hydrogen-bond acceptors (Lipinski definition) is 4. The normalized spacial score (nSPS) is 15.9. The van der Waals surface area contributed by atoms with Gasteiger partial charge in [-0.3, -0.25) is 0 Å². The van der Waals surface area contributed by atoms with Crippen LogP contribution >= 0.6 is 11.3 Å². The molecule has 1 aromatic rings. The number of nitrogens with one attached hydrogen (secondary N) is 1. The zero-order valence-corrected chi connectivity index (χ0v) is 11.0. The minimum atomic E-state index is 0.910. The Bertz CT molecular complexity index is 320. The van der Waals surface area contributed by atoms with Crippen LogP contribution in [0.3, 0.4) is 0 Å². The summed E-state index contributed by atoms with van der Waals surface area (Å²) in [4.78, 5) is 7.02. The molecule has 0 saturated heterocycles. The highest BCUT2D eigenvalue weighted by Crippen LogP contribution is 2.29. The van der Waals surface area contributed by atoms with Crippen molar-refractivity contribution in [3.05, 3.63) is 16.1 Å². The van der Waals surface area contributed by atoms with Crippen LogP contribution in [0.4, 0.5) is 0 Å². The van der Waals surface area contributed by atoms with Gasteiger partial charge >= 0.3 is 0 Å². The van der Waals surface area contributed by atoms with Gasteiger partial charge < -0.3 is 10.2 Å². The third-order valence-corrected chi connectivity index (χ3v) is 3.72. The molecule has 3 nitrogen and oxygen atoms in total. The summed E-state index contributed by atoms with van der Waals surface area (Å²) in [5.41, 5.74) is 1.22. The Labute approximate surface area is 102 Å². The highest BCUT2D eigenvalue weighted by molar-refractivity contribution is 7.09. The van der Waals surface area contributed by atoms with Crippen LogP contribution in [0.15, 0.2) is 5.38 Å². The largest absolute Gasteiger partial charge is 0.311 e. The lowest BCUT2D eigenvalue weighted by molar-refractivity contribution is 0.310. The first kappa shape index (κ1) is 12.0. The Hall–Kier alpha value is -0.450. The van der Waals surface area contributed by atoms with Crippen molar-refractivity contribution in [3.8, 4) is 0 Å². The molecule has 0 aliphatic heterocycles. The molecule has 0 unspecified atom stereocenters. The van der Waals surface area contributed by atoms with Crippen LogP contribution in [-0.4, -0.2) is 30.0 Å². The highest BCUT2D eigenvalue weighted by Gasteiger charge is 2.22. The molecule has 1 aromatic heterocycles. The number of nitrogens with zero attached hydrogens (tertiary/aromatic N) is 2. The molecular weight excluding hydrogens is 218 g/mol. The van der Waals surface area contributed by atoms with E-state index >= 15 is 0 Å². The minimum Gasteiger partial charge on any atom is -0.311 e. The maximum Gasteiger partial charge on any atom is 0.107 e. The fourth-order valence-electron chi connectivity index (χ4n) is 1.82. The number of aromatic nitrogens is 1. The predicted octanol–water partition coefficient (Wildman–Crippen LogP) is 2.09. The molecule has 0 atom stereocenters. The summed E-state index contributed by atoms with van der Waals surface area (Å²) >= 11 is 1.77. The second-order valence-corrected chi connectivity index (χ2v) is 5.60. The highest BCUT2D eigenvalue weighted by atomic mass is 32.1. The number of thiazole rings is 1. The van der Waals surface area contributed by atoms with Crippen LogP contribution in [0.1, 0.15) is 30.5 Å². The van der Waals surface area contributed by atoms with Crippen LogP contribution in [0.2, 0.25) is 0 Å². The van der Waals surface area contributed by atoms with Gasteiger partial charge in [0, 0.05) is 25.0 Å². The maximum atomic E-state index is 4.63. The molecule has 90 valence electrons. The molecule has 2 rings (SSSR count). The Morgan fingerprint density at radius 2 is 2.38 bits per heavy atom. The zero-order valence-electron chi connectivity index (χ0n) is 10.2. The Balaban J connectivity index is 1.76. The van der Waals surface area contributed by atoms with Crippen LogP contribution in [0.5, 0.6) is 0 Å². The quantitative estimate of drug-likeness (QED) is 0.790. The van der Waals surface area contributed by atoms with Crippen molar-refractivity contribution in [1.82, 2.24) is 15.2 Å². The fourth-order valence-corrected chi connectivity index (χ4v) is 2.57. The van der Waals surface area contributed by atoms with Gasteiger partial charge in [-0.2, -0.15) is 0 Å². The van der Waals surface area contributed by atoms with Crippen molar-refractivity contribution < 1.29 is 0 Å². The second-order valence-electron chi connectivity index (χ2n) is 4.65.